The van der Waals surface area contributed by atoms with Crippen LogP contribution >= 0.6 is 92.8 Å². The Hall–Kier alpha value is -11.2. The zero-order valence-electron chi connectivity index (χ0n) is 58.0. The summed E-state index contributed by atoms with van der Waals surface area (Å²) in [5.74, 6) is -2.48. The molecular weight excluding hydrogens is 1610 g/mol. The number of nitrogens with one attached hydrogen (secondary N) is 3. The molecule has 13 N–H and O–H groups in total. The minimum atomic E-state index is -0.736. The highest BCUT2D eigenvalue weighted by Gasteiger charge is 2.26. The summed E-state index contributed by atoms with van der Waals surface area (Å²) in [4.78, 5) is 75.9. The van der Waals surface area contributed by atoms with Crippen LogP contribution in [0.5, 0.6) is 34.6 Å². The van der Waals surface area contributed by atoms with Crippen LogP contribution in [0.25, 0.3) is 0 Å². The highest BCUT2D eigenvalue weighted by molar-refractivity contribution is 6.38. The first-order chi connectivity index (χ1) is 52.3. The van der Waals surface area contributed by atoms with Crippen molar-refractivity contribution in [2.24, 2.45) is 5.73 Å². The number of pyridine rings is 5. The molecule has 0 bridgehead atoms. The summed E-state index contributed by atoms with van der Waals surface area (Å²) >= 11 is 48.4. The minimum Gasteiger partial charge on any atom is -0.497 e. The van der Waals surface area contributed by atoms with Crippen molar-refractivity contribution in [3.8, 4) is 34.6 Å². The van der Waals surface area contributed by atoms with Gasteiger partial charge in [0.05, 0.1) is 81.7 Å². The van der Waals surface area contributed by atoms with Crippen LogP contribution in [0.2, 0.25) is 40.2 Å². The second-order valence-electron chi connectivity index (χ2n) is 22.6. The van der Waals surface area contributed by atoms with Gasteiger partial charge in [-0.3, -0.25) is 24.2 Å². The van der Waals surface area contributed by atoms with Crippen LogP contribution in [0.4, 0.5) is 57.9 Å². The van der Waals surface area contributed by atoms with E-state index in [0.717, 1.165) is 6.07 Å². The number of hydrogen-bond acceptors (Lipinski definition) is 21. The van der Waals surface area contributed by atoms with Crippen molar-refractivity contribution in [1.29, 1.82) is 0 Å². The third-order valence-corrected chi connectivity index (χ3v) is 18.0. The lowest BCUT2D eigenvalue weighted by molar-refractivity contribution is 0.0994. The molecule has 5 aromatic carbocycles. The number of nitrogens with two attached hydrogens (primary N) is 5. The Morgan fingerprint density at radius 1 is 0.382 bits per heavy atom. The molecule has 0 aliphatic heterocycles. The number of ether oxygens (including phenoxy) is 6. The number of hydrogen-bond donors (Lipinski definition) is 8. The summed E-state index contributed by atoms with van der Waals surface area (Å²) in [5, 5.41) is 8.47. The fourth-order valence-corrected chi connectivity index (χ4v) is 12.3. The van der Waals surface area contributed by atoms with E-state index in [-0.39, 0.29) is 126 Å². The van der Waals surface area contributed by atoms with Gasteiger partial charge in [0.15, 0.2) is 46.3 Å². The van der Waals surface area contributed by atoms with E-state index in [2.05, 4.69) is 50.8 Å². The van der Waals surface area contributed by atoms with Crippen molar-refractivity contribution in [3.63, 3.8) is 0 Å². The first-order valence-corrected chi connectivity index (χ1v) is 34.7. The number of methoxy groups -OCH3 is 2. The summed E-state index contributed by atoms with van der Waals surface area (Å²) in [7, 11) is 3.00. The van der Waals surface area contributed by atoms with Gasteiger partial charge in [0.2, 0.25) is 11.8 Å². The third kappa shape index (κ3) is 22.1. The van der Waals surface area contributed by atoms with Crippen LogP contribution in [0, 0.1) is 23.3 Å². The Balaban J connectivity index is 0.000000186. The maximum absolute atomic E-state index is 13.8. The zero-order chi connectivity index (χ0) is 80.4. The van der Waals surface area contributed by atoms with E-state index in [0.29, 0.717) is 39.8 Å². The van der Waals surface area contributed by atoms with Crippen LogP contribution in [0.3, 0.4) is 0 Å². The standard InChI is InChI=1S/C21H18Cl2FN3O3.C20H17Cl2FN4O3.C18H14Cl2FN5O2.C14H12Cl2FN3O2/c1-11(18-15(22)7-8-16(24)19(18)23)30-17-9-13(10-26-20(17)25)27-21(28)12-3-5-14(29-2)6-4-12;1-10(17-13(21)3-4-14(23)18(17)22)30-15-8-12(9-26-19(15)24)27-20(28)11-5-6-25-16(7-11)29-2;1-9(15-11(19)2-3-12(21)16(15)20)28-14-6-10(7-25-17(14)22)26-18(27)13-8-23-4-5-24-13;1-6(11-8(15)2-3-9(17)12(11)16)22-10-4-7(14(19)21)5-20-13(10)18/h3-11H,1-2H3,(H2,25,26)(H,27,28);3-10H,1-2H3,(H2,24,26)(H,27,28);2-9H,1H3,(H2,22,25)(H,26,27);2-6H,1H3,(H2,18,20)(H2,19,21). The number of halogens is 12. The first kappa shape index (κ1) is 84.5. The maximum Gasteiger partial charge on any atom is 0.275 e. The second-order valence-corrected chi connectivity index (χ2v) is 25.8. The predicted molar refractivity (Wildman–Crippen MR) is 415 cm³/mol. The fraction of sp³-hybridized carbons (Fsp3) is 0.137. The van der Waals surface area contributed by atoms with Gasteiger partial charge in [0.25, 0.3) is 17.7 Å². The van der Waals surface area contributed by atoms with Gasteiger partial charge in [-0.25, -0.2) is 47.5 Å². The normalized spacial score (nSPS) is 11.7. The Bertz CT molecular complexity index is 5200. The highest BCUT2D eigenvalue weighted by atomic mass is 35.5. The van der Waals surface area contributed by atoms with Gasteiger partial charge in [0.1, 0.15) is 59.1 Å². The Morgan fingerprint density at radius 2 is 0.736 bits per heavy atom. The summed E-state index contributed by atoms with van der Waals surface area (Å²) in [6, 6.07) is 25.7. The van der Waals surface area contributed by atoms with E-state index in [1.54, 1.807) is 59.1 Å². The van der Waals surface area contributed by atoms with Gasteiger partial charge in [-0.05, 0) is 113 Å². The summed E-state index contributed by atoms with van der Waals surface area (Å²) in [6.07, 6.45) is 8.11. The van der Waals surface area contributed by atoms with E-state index < -0.39 is 65.4 Å². The number of amides is 4. The smallest absolute Gasteiger partial charge is 0.275 e. The molecule has 0 fully saturated rings. The van der Waals surface area contributed by atoms with Crippen LogP contribution in [0.15, 0.2) is 159 Å². The monoisotopic (exact) mass is 1660 g/mol. The van der Waals surface area contributed by atoms with Gasteiger partial charge >= 0.3 is 0 Å². The van der Waals surface area contributed by atoms with Crippen molar-refractivity contribution in [1.82, 2.24) is 34.9 Å². The van der Waals surface area contributed by atoms with Gasteiger partial charge < -0.3 is 73.0 Å². The molecule has 0 spiro atoms. The van der Waals surface area contributed by atoms with Gasteiger partial charge in [-0.2, -0.15) is 0 Å². The molecule has 0 saturated carbocycles. The molecule has 0 aliphatic carbocycles. The van der Waals surface area contributed by atoms with Crippen molar-refractivity contribution < 1.29 is 65.2 Å². The molecule has 11 rings (SSSR count). The predicted octanol–water partition coefficient (Wildman–Crippen LogP) is 18.1. The third-order valence-electron chi connectivity index (χ3n) is 15.1. The van der Waals surface area contributed by atoms with Gasteiger partial charge in [-0.1, -0.05) is 92.8 Å². The van der Waals surface area contributed by atoms with Crippen molar-refractivity contribution in [3.05, 3.63) is 267 Å². The minimum absolute atomic E-state index is 0.0560. The number of anilines is 7. The van der Waals surface area contributed by atoms with E-state index in [4.69, 9.17) is 150 Å². The van der Waals surface area contributed by atoms with Crippen LogP contribution in [-0.2, 0) is 0 Å². The molecule has 110 heavy (non-hydrogen) atoms. The van der Waals surface area contributed by atoms with E-state index >= 15 is 0 Å². The number of nitrogen functional groups attached to an aromatic ring is 4. The number of carbonyl (C=O) groups excluding carboxylic acids is 4. The van der Waals surface area contributed by atoms with E-state index in [9.17, 15) is 36.7 Å². The summed E-state index contributed by atoms with van der Waals surface area (Å²) in [5.41, 5.74) is 31.7. The number of carbonyl (C=O) groups is 4. The molecule has 4 atom stereocenters. The molecule has 4 unspecified atom stereocenters. The van der Waals surface area contributed by atoms with Crippen LogP contribution in [0.1, 0.15) is 116 Å². The van der Waals surface area contributed by atoms with Crippen molar-refractivity contribution in [2.45, 2.75) is 52.1 Å². The molecule has 37 heteroatoms. The molecule has 0 aliphatic rings. The SMILES string of the molecule is CC(Oc1cc(C(N)=O)cnc1N)c1c(Cl)ccc(F)c1Cl.CC(Oc1cc(NC(=O)c2cnccn2)cnc1N)c1c(Cl)ccc(F)c1Cl.COc1cc(C(=O)Nc2cnc(N)c(OC(C)c3c(Cl)ccc(F)c3Cl)c2)ccn1.COc1ccc(C(=O)Nc2cnc(N)c(OC(C)c3c(Cl)ccc(F)c3Cl)c2)cc1. The van der Waals surface area contributed by atoms with Crippen LogP contribution < -0.4 is 73.0 Å². The van der Waals surface area contributed by atoms with E-state index in [1.807, 2.05) is 0 Å². The quantitative estimate of drug-likeness (QED) is 0.0245. The lowest BCUT2D eigenvalue weighted by Gasteiger charge is -2.19. The van der Waals surface area contributed by atoms with Crippen LogP contribution in [-0.4, -0.2) is 72.7 Å². The lowest BCUT2D eigenvalue weighted by Crippen LogP contribution is -2.14. The summed E-state index contributed by atoms with van der Waals surface area (Å²) in [6.45, 7) is 6.54. The summed E-state index contributed by atoms with van der Waals surface area (Å²) < 4.78 is 88.1. The average molecular weight is 1670 g/mol. The Labute approximate surface area is 664 Å². The largest absolute Gasteiger partial charge is 0.497 e. The van der Waals surface area contributed by atoms with Crippen molar-refractivity contribution in [2.75, 3.05) is 53.1 Å². The maximum atomic E-state index is 13.8. The molecule has 6 heterocycles. The zero-order valence-corrected chi connectivity index (χ0v) is 64.0. The molecule has 25 nitrogen and oxygen atoms in total. The molecule has 4 amide bonds. The number of primary amides is 1. The van der Waals surface area contributed by atoms with E-state index in [1.165, 1.54) is 136 Å². The topological polar surface area (TPSA) is 380 Å². The molecule has 11 aromatic rings. The Kier molecular flexibility index (Phi) is 29.8. The molecular formula is C73H61Cl8F4N15O10. The second kappa shape index (κ2) is 38.8. The number of aromatic nitrogens is 7. The molecule has 6 aromatic heterocycles. The van der Waals surface area contributed by atoms with Gasteiger partial charge in [0, 0.05) is 103 Å². The Morgan fingerprint density at radius 3 is 1.08 bits per heavy atom. The number of benzene rings is 5. The highest BCUT2D eigenvalue weighted by Crippen LogP contribution is 2.41. The number of rotatable bonds is 21. The molecule has 0 radical (unpaired) electrons. The first-order valence-electron chi connectivity index (χ1n) is 31.6. The number of nitrogens with zero attached hydrogens (tertiary/aromatic N) is 7. The van der Waals surface area contributed by atoms with Gasteiger partial charge in [-0.15, -0.1) is 0 Å². The lowest BCUT2D eigenvalue weighted by atomic mass is 10.1. The fourth-order valence-electron chi connectivity index (χ4n) is 9.62. The average Bonchev–Trinajstić information content (AvgIpc) is 0.822. The van der Waals surface area contributed by atoms with Crippen molar-refractivity contribution >= 4 is 157 Å². The molecule has 572 valence electrons. The molecule has 0 saturated heterocycles.